The molecule has 0 spiro atoms. The van der Waals surface area contributed by atoms with Crippen LogP contribution in [-0.2, 0) is 17.9 Å². The Morgan fingerprint density at radius 1 is 1.08 bits per heavy atom. The average Bonchev–Trinajstić information content (AvgIpc) is 2.98. The lowest BCUT2D eigenvalue weighted by Gasteiger charge is -2.08. The van der Waals surface area contributed by atoms with Crippen LogP contribution >= 0.6 is 0 Å². The Balaban J connectivity index is 1.76. The van der Waals surface area contributed by atoms with Crippen LogP contribution in [0.3, 0.4) is 0 Å². The molecule has 1 heterocycles. The first kappa shape index (κ1) is 15.8. The van der Waals surface area contributed by atoms with Crippen LogP contribution in [-0.4, -0.2) is 16.4 Å². The molecule has 0 saturated heterocycles. The van der Waals surface area contributed by atoms with Crippen molar-refractivity contribution in [2.45, 2.75) is 20.1 Å². The van der Waals surface area contributed by atoms with Crippen molar-refractivity contribution in [3.05, 3.63) is 71.4 Å². The van der Waals surface area contributed by atoms with Gasteiger partial charge in [-0.25, -0.2) is 4.79 Å². The number of para-hydroxylation sites is 1. The fourth-order valence-electron chi connectivity index (χ4n) is 2.71. The Hall–Kier alpha value is -3.08. The lowest BCUT2D eigenvalue weighted by Crippen LogP contribution is -2.12. The molecule has 1 amide bonds. The zero-order chi connectivity index (χ0) is 17.1. The number of esters is 1. The van der Waals surface area contributed by atoms with Gasteiger partial charge < -0.3 is 15.0 Å². The summed E-state index contributed by atoms with van der Waals surface area (Å²) in [5.41, 5.74) is 7.98. The van der Waals surface area contributed by atoms with E-state index in [2.05, 4.69) is 0 Å². The minimum atomic E-state index is -0.481. The van der Waals surface area contributed by atoms with Gasteiger partial charge in [0.2, 0.25) is 5.91 Å². The summed E-state index contributed by atoms with van der Waals surface area (Å²) < 4.78 is 7.35. The summed E-state index contributed by atoms with van der Waals surface area (Å²) in [7, 11) is 0. The number of carbonyl (C=O) groups is 2. The summed E-state index contributed by atoms with van der Waals surface area (Å²) in [5.74, 6) is -0.849. The average molecular weight is 322 g/mol. The SMILES string of the molecule is CCn1c(C(=O)OCc2ccc(C(N)=O)cc2)cc2ccccc21. The smallest absolute Gasteiger partial charge is 0.355 e. The standard InChI is InChI=1S/C19H18N2O3/c1-2-21-16-6-4-3-5-15(16)11-17(21)19(23)24-12-13-7-9-14(10-8-13)18(20)22/h3-11H,2,12H2,1H3,(H2,20,22). The first-order chi connectivity index (χ1) is 11.6. The molecule has 122 valence electrons. The van der Waals surface area contributed by atoms with Crippen molar-refractivity contribution >= 4 is 22.8 Å². The molecule has 0 aliphatic rings. The fourth-order valence-corrected chi connectivity index (χ4v) is 2.71. The monoisotopic (exact) mass is 322 g/mol. The third kappa shape index (κ3) is 3.01. The number of ether oxygens (including phenoxy) is 1. The van der Waals surface area contributed by atoms with Gasteiger partial charge in [-0.15, -0.1) is 0 Å². The van der Waals surface area contributed by atoms with E-state index in [4.69, 9.17) is 10.5 Å². The third-order valence-corrected chi connectivity index (χ3v) is 3.94. The highest BCUT2D eigenvalue weighted by Gasteiger charge is 2.16. The Labute approximate surface area is 139 Å². The molecule has 0 saturated carbocycles. The minimum absolute atomic E-state index is 0.142. The number of benzene rings is 2. The summed E-state index contributed by atoms with van der Waals surface area (Å²) in [4.78, 5) is 23.5. The molecule has 5 nitrogen and oxygen atoms in total. The van der Waals surface area contributed by atoms with Crippen LogP contribution in [0.15, 0.2) is 54.6 Å². The molecule has 0 atom stereocenters. The van der Waals surface area contributed by atoms with Crippen LogP contribution in [0.4, 0.5) is 0 Å². The van der Waals surface area contributed by atoms with Gasteiger partial charge in [0.25, 0.3) is 0 Å². The Morgan fingerprint density at radius 2 is 1.79 bits per heavy atom. The molecule has 0 bridgehead atoms. The number of fused-ring (bicyclic) bond motifs is 1. The van der Waals surface area contributed by atoms with Gasteiger partial charge in [0, 0.05) is 23.0 Å². The lowest BCUT2D eigenvalue weighted by molar-refractivity contribution is 0.0460. The van der Waals surface area contributed by atoms with Crippen LogP contribution in [0.2, 0.25) is 0 Å². The summed E-state index contributed by atoms with van der Waals surface area (Å²) in [6, 6.07) is 16.4. The number of primary amides is 1. The van der Waals surface area contributed by atoms with Crippen LogP contribution in [0.25, 0.3) is 10.9 Å². The molecule has 2 N–H and O–H groups in total. The van der Waals surface area contributed by atoms with E-state index in [-0.39, 0.29) is 12.6 Å². The predicted octanol–water partition coefficient (Wildman–Crippen LogP) is 3.12. The highest BCUT2D eigenvalue weighted by Crippen LogP contribution is 2.20. The maximum atomic E-state index is 12.4. The van der Waals surface area contributed by atoms with E-state index in [1.54, 1.807) is 24.3 Å². The van der Waals surface area contributed by atoms with Crippen molar-refractivity contribution in [2.24, 2.45) is 5.73 Å². The molecule has 2 aromatic carbocycles. The number of hydrogen-bond acceptors (Lipinski definition) is 3. The second-order valence-electron chi connectivity index (χ2n) is 5.47. The van der Waals surface area contributed by atoms with Gasteiger partial charge in [-0.3, -0.25) is 4.79 Å². The lowest BCUT2D eigenvalue weighted by atomic mass is 10.1. The van der Waals surface area contributed by atoms with Crippen molar-refractivity contribution in [3.63, 3.8) is 0 Å². The molecule has 3 aromatic rings. The first-order valence-corrected chi connectivity index (χ1v) is 7.74. The number of hydrogen-bond donors (Lipinski definition) is 1. The number of aryl methyl sites for hydroxylation is 1. The van der Waals surface area contributed by atoms with Crippen LogP contribution in [0.5, 0.6) is 0 Å². The van der Waals surface area contributed by atoms with E-state index in [0.717, 1.165) is 16.5 Å². The van der Waals surface area contributed by atoms with Crippen molar-refractivity contribution in [1.82, 2.24) is 4.57 Å². The van der Waals surface area contributed by atoms with Gasteiger partial charge in [-0.2, -0.15) is 0 Å². The molecule has 24 heavy (non-hydrogen) atoms. The maximum Gasteiger partial charge on any atom is 0.355 e. The Morgan fingerprint density at radius 3 is 2.46 bits per heavy atom. The van der Waals surface area contributed by atoms with E-state index in [1.165, 1.54) is 0 Å². The third-order valence-electron chi connectivity index (χ3n) is 3.94. The maximum absolute atomic E-state index is 12.4. The zero-order valence-corrected chi connectivity index (χ0v) is 13.4. The van der Waals surface area contributed by atoms with Gasteiger partial charge in [0.1, 0.15) is 12.3 Å². The Bertz CT molecular complexity index is 895. The molecule has 0 fully saturated rings. The quantitative estimate of drug-likeness (QED) is 0.733. The molecule has 0 radical (unpaired) electrons. The van der Waals surface area contributed by atoms with Crippen molar-refractivity contribution in [1.29, 1.82) is 0 Å². The van der Waals surface area contributed by atoms with E-state index < -0.39 is 5.91 Å². The first-order valence-electron chi connectivity index (χ1n) is 7.74. The van der Waals surface area contributed by atoms with Crippen LogP contribution < -0.4 is 5.73 Å². The summed E-state index contributed by atoms with van der Waals surface area (Å²) in [6.07, 6.45) is 0. The van der Waals surface area contributed by atoms with E-state index >= 15 is 0 Å². The highest BCUT2D eigenvalue weighted by molar-refractivity contribution is 5.95. The molecule has 3 rings (SSSR count). The van der Waals surface area contributed by atoms with Gasteiger partial charge >= 0.3 is 5.97 Å². The van der Waals surface area contributed by atoms with E-state index in [0.29, 0.717) is 17.8 Å². The molecular formula is C19H18N2O3. The van der Waals surface area contributed by atoms with Gasteiger partial charge in [0.05, 0.1) is 0 Å². The number of aromatic nitrogens is 1. The molecule has 0 aliphatic heterocycles. The molecular weight excluding hydrogens is 304 g/mol. The molecule has 5 heteroatoms. The van der Waals surface area contributed by atoms with Crippen molar-refractivity contribution in [3.8, 4) is 0 Å². The Kier molecular flexibility index (Phi) is 4.33. The normalized spacial score (nSPS) is 10.7. The van der Waals surface area contributed by atoms with Gasteiger partial charge in [-0.1, -0.05) is 30.3 Å². The van der Waals surface area contributed by atoms with Crippen LogP contribution in [0.1, 0.15) is 33.3 Å². The minimum Gasteiger partial charge on any atom is -0.456 e. The van der Waals surface area contributed by atoms with Crippen molar-refractivity contribution < 1.29 is 14.3 Å². The molecule has 0 aliphatic carbocycles. The van der Waals surface area contributed by atoms with Crippen molar-refractivity contribution in [2.75, 3.05) is 0 Å². The number of rotatable bonds is 5. The number of amides is 1. The van der Waals surface area contributed by atoms with E-state index in [1.807, 2.05) is 41.8 Å². The summed E-state index contributed by atoms with van der Waals surface area (Å²) >= 11 is 0. The fraction of sp³-hybridized carbons (Fsp3) is 0.158. The topological polar surface area (TPSA) is 74.3 Å². The van der Waals surface area contributed by atoms with E-state index in [9.17, 15) is 9.59 Å². The number of carbonyl (C=O) groups excluding carboxylic acids is 2. The predicted molar refractivity (Wildman–Crippen MR) is 91.7 cm³/mol. The highest BCUT2D eigenvalue weighted by atomic mass is 16.5. The second-order valence-corrected chi connectivity index (χ2v) is 5.47. The summed E-state index contributed by atoms with van der Waals surface area (Å²) in [6.45, 7) is 2.82. The van der Waals surface area contributed by atoms with Gasteiger partial charge in [-0.05, 0) is 36.8 Å². The number of nitrogens with zero attached hydrogens (tertiary/aromatic N) is 1. The van der Waals surface area contributed by atoms with Crippen LogP contribution in [0, 0.1) is 0 Å². The molecule has 0 unspecified atom stereocenters. The van der Waals surface area contributed by atoms with Gasteiger partial charge in [0.15, 0.2) is 0 Å². The second kappa shape index (κ2) is 6.58. The zero-order valence-electron chi connectivity index (χ0n) is 13.4. The summed E-state index contributed by atoms with van der Waals surface area (Å²) in [5, 5.41) is 1.01. The number of nitrogens with two attached hydrogens (primary N) is 1. The molecule has 1 aromatic heterocycles. The largest absolute Gasteiger partial charge is 0.456 e.